The van der Waals surface area contributed by atoms with Crippen LogP contribution < -0.4 is 0 Å². The Morgan fingerprint density at radius 3 is 2.55 bits per heavy atom. The van der Waals surface area contributed by atoms with Crippen LogP contribution in [0.1, 0.15) is 26.2 Å². The molecule has 11 heavy (non-hydrogen) atoms. The summed E-state index contributed by atoms with van der Waals surface area (Å²) in [5.41, 5.74) is 0. The first-order chi connectivity index (χ1) is 5.18. The van der Waals surface area contributed by atoms with Crippen LogP contribution in [0.2, 0.25) is 0 Å². The van der Waals surface area contributed by atoms with Gasteiger partial charge >= 0.3 is 0 Å². The minimum absolute atomic E-state index is 0.584. The second-order valence-electron chi connectivity index (χ2n) is 2.20. The molecule has 0 aliphatic carbocycles. The molecule has 0 saturated carbocycles. The molecule has 1 atom stereocenters. The molecule has 1 nitrogen and oxygen atoms in total. The zero-order valence-corrected chi connectivity index (χ0v) is 6.48. The summed E-state index contributed by atoms with van der Waals surface area (Å²) < 4.78 is 23.2. The molecular weight excluding hydrogens is 150 g/mol. The third kappa shape index (κ3) is 5.81. The van der Waals surface area contributed by atoms with Gasteiger partial charge in [-0.05, 0) is 6.42 Å². The van der Waals surface area contributed by atoms with Gasteiger partial charge in [0.05, 0.1) is 0 Å². The fraction of sp³-hybridized carbons (Fsp3) is 0.750. The monoisotopic (exact) mass is 162 g/mol. The van der Waals surface area contributed by atoms with Gasteiger partial charge in [-0.15, -0.1) is 5.92 Å². The Morgan fingerprint density at radius 2 is 2.09 bits per heavy atom. The summed E-state index contributed by atoms with van der Waals surface area (Å²) in [6.07, 6.45) is -2.06. The Hall–Kier alpha value is -0.620. The summed E-state index contributed by atoms with van der Waals surface area (Å²) in [6, 6.07) is 0. The van der Waals surface area contributed by atoms with Crippen molar-refractivity contribution in [3.8, 4) is 11.8 Å². The Labute approximate surface area is 65.4 Å². The quantitative estimate of drug-likeness (QED) is 0.495. The smallest absolute Gasteiger partial charge is 0.275 e. The minimum Gasteiger partial charge on any atom is -0.375 e. The maximum absolute atomic E-state index is 11.6. The number of hydrogen-bond acceptors (Lipinski definition) is 1. The zero-order chi connectivity index (χ0) is 8.69. The highest BCUT2D eigenvalue weighted by atomic mass is 19.3. The van der Waals surface area contributed by atoms with Crippen LogP contribution in [-0.4, -0.2) is 17.6 Å². The fourth-order valence-corrected chi connectivity index (χ4v) is 0.505. The Balaban J connectivity index is 3.51. The van der Waals surface area contributed by atoms with E-state index in [0.29, 0.717) is 6.42 Å². The molecule has 0 aromatic rings. The lowest BCUT2D eigenvalue weighted by Crippen LogP contribution is -2.14. The standard InChI is InChI=1S/C8H12F2O/c1-2-3-4-5-6-7(11)8(9)10/h7-8,11H,2-4H2,1H3/t7-/m0/s1. The summed E-state index contributed by atoms with van der Waals surface area (Å²) in [5.74, 6) is 4.56. The maximum Gasteiger partial charge on any atom is 0.275 e. The molecule has 0 saturated heterocycles. The van der Waals surface area contributed by atoms with Gasteiger partial charge in [0.2, 0.25) is 0 Å². The van der Waals surface area contributed by atoms with Crippen molar-refractivity contribution in [1.82, 2.24) is 0 Å². The van der Waals surface area contributed by atoms with E-state index in [9.17, 15) is 8.78 Å². The van der Waals surface area contributed by atoms with Crippen molar-refractivity contribution in [2.75, 3.05) is 0 Å². The van der Waals surface area contributed by atoms with E-state index >= 15 is 0 Å². The lowest BCUT2D eigenvalue weighted by molar-refractivity contribution is 0.0296. The average Bonchev–Trinajstić information content (AvgIpc) is 1.97. The molecule has 0 amide bonds. The van der Waals surface area contributed by atoms with Gasteiger partial charge in [-0.2, -0.15) is 0 Å². The van der Waals surface area contributed by atoms with Crippen molar-refractivity contribution in [2.24, 2.45) is 0 Å². The third-order valence-corrected chi connectivity index (χ3v) is 1.14. The zero-order valence-electron chi connectivity index (χ0n) is 6.48. The Morgan fingerprint density at radius 1 is 1.45 bits per heavy atom. The number of halogens is 2. The van der Waals surface area contributed by atoms with Gasteiger partial charge in [0.25, 0.3) is 6.43 Å². The molecule has 0 rings (SSSR count). The van der Waals surface area contributed by atoms with E-state index in [4.69, 9.17) is 5.11 Å². The molecule has 0 unspecified atom stereocenters. The van der Waals surface area contributed by atoms with Crippen molar-refractivity contribution in [3.05, 3.63) is 0 Å². The van der Waals surface area contributed by atoms with Crippen LogP contribution in [0.5, 0.6) is 0 Å². The van der Waals surface area contributed by atoms with Gasteiger partial charge in [0.1, 0.15) is 0 Å². The lowest BCUT2D eigenvalue weighted by atomic mass is 10.2. The van der Waals surface area contributed by atoms with E-state index in [0.717, 1.165) is 12.8 Å². The van der Waals surface area contributed by atoms with Crippen LogP contribution in [0.3, 0.4) is 0 Å². The van der Waals surface area contributed by atoms with Crippen LogP contribution in [0.15, 0.2) is 0 Å². The molecule has 0 heterocycles. The summed E-state index contributed by atoms with van der Waals surface area (Å²) in [4.78, 5) is 0. The first-order valence-electron chi connectivity index (χ1n) is 3.63. The van der Waals surface area contributed by atoms with E-state index in [-0.39, 0.29) is 0 Å². The topological polar surface area (TPSA) is 20.2 Å². The van der Waals surface area contributed by atoms with Crippen molar-refractivity contribution in [3.63, 3.8) is 0 Å². The van der Waals surface area contributed by atoms with Crippen LogP contribution in [0.25, 0.3) is 0 Å². The van der Waals surface area contributed by atoms with Crippen LogP contribution in [0.4, 0.5) is 8.78 Å². The van der Waals surface area contributed by atoms with Gasteiger partial charge in [0, 0.05) is 6.42 Å². The Bertz CT molecular complexity index is 146. The molecule has 0 spiro atoms. The van der Waals surface area contributed by atoms with Crippen LogP contribution >= 0.6 is 0 Å². The SMILES string of the molecule is CCCCC#C[C@H](O)C(F)F. The summed E-state index contributed by atoms with van der Waals surface area (Å²) in [7, 11) is 0. The third-order valence-electron chi connectivity index (χ3n) is 1.14. The van der Waals surface area contributed by atoms with E-state index in [2.05, 4.69) is 11.8 Å². The molecule has 0 aromatic carbocycles. The minimum atomic E-state index is -2.75. The molecule has 0 aliphatic heterocycles. The fourth-order valence-electron chi connectivity index (χ4n) is 0.505. The van der Waals surface area contributed by atoms with Gasteiger partial charge in [-0.1, -0.05) is 19.3 Å². The summed E-state index contributed by atoms with van der Waals surface area (Å²) >= 11 is 0. The maximum atomic E-state index is 11.6. The number of alkyl halides is 2. The molecule has 1 N–H and O–H groups in total. The van der Waals surface area contributed by atoms with Gasteiger partial charge in [-0.25, -0.2) is 8.78 Å². The summed E-state index contributed by atoms with van der Waals surface area (Å²) in [5, 5.41) is 8.50. The predicted molar refractivity (Wildman–Crippen MR) is 39.3 cm³/mol. The first kappa shape index (κ1) is 10.4. The molecule has 64 valence electrons. The van der Waals surface area contributed by atoms with Crippen molar-refractivity contribution >= 4 is 0 Å². The van der Waals surface area contributed by atoms with Gasteiger partial charge in [0.15, 0.2) is 6.10 Å². The van der Waals surface area contributed by atoms with Gasteiger partial charge < -0.3 is 5.11 Å². The lowest BCUT2D eigenvalue weighted by Gasteiger charge is -1.97. The number of hydrogen-bond donors (Lipinski definition) is 1. The highest BCUT2D eigenvalue weighted by Crippen LogP contribution is 1.98. The average molecular weight is 162 g/mol. The number of rotatable bonds is 3. The second-order valence-corrected chi connectivity index (χ2v) is 2.20. The molecule has 0 aliphatic rings. The predicted octanol–water partition coefficient (Wildman–Crippen LogP) is 1.81. The number of unbranched alkanes of at least 4 members (excludes halogenated alkanes) is 2. The molecule has 0 bridgehead atoms. The second kappa shape index (κ2) is 6.11. The number of aliphatic hydroxyl groups excluding tert-OH is 1. The molecule has 0 fully saturated rings. The molecule has 0 aromatic heterocycles. The van der Waals surface area contributed by atoms with Crippen molar-refractivity contribution < 1.29 is 13.9 Å². The summed E-state index contributed by atoms with van der Waals surface area (Å²) in [6.45, 7) is 1.99. The Kier molecular flexibility index (Phi) is 5.77. The van der Waals surface area contributed by atoms with Crippen LogP contribution in [0, 0.1) is 11.8 Å². The molecule has 3 heteroatoms. The highest BCUT2D eigenvalue weighted by Gasteiger charge is 2.12. The van der Waals surface area contributed by atoms with Crippen molar-refractivity contribution in [1.29, 1.82) is 0 Å². The highest BCUT2D eigenvalue weighted by molar-refractivity contribution is 5.05. The van der Waals surface area contributed by atoms with E-state index in [1.54, 1.807) is 0 Å². The van der Waals surface area contributed by atoms with Crippen molar-refractivity contribution in [2.45, 2.75) is 38.7 Å². The first-order valence-corrected chi connectivity index (χ1v) is 3.63. The van der Waals surface area contributed by atoms with E-state index in [1.165, 1.54) is 0 Å². The molecule has 0 radical (unpaired) electrons. The number of aliphatic hydroxyl groups is 1. The van der Waals surface area contributed by atoms with E-state index in [1.807, 2.05) is 6.92 Å². The largest absolute Gasteiger partial charge is 0.375 e. The molecular formula is C8H12F2O. The van der Waals surface area contributed by atoms with E-state index < -0.39 is 12.5 Å². The van der Waals surface area contributed by atoms with Crippen LogP contribution in [-0.2, 0) is 0 Å². The normalized spacial score (nSPS) is 12.5. The van der Waals surface area contributed by atoms with Gasteiger partial charge in [-0.3, -0.25) is 0 Å².